The zero-order valence-corrected chi connectivity index (χ0v) is 16.0. The standard InChI is InChI=1S/C21H27ClN2O2/c1-21(2)12-18(16-11-15(22)8-9-20(16)26-21)24-13-19(25)17(23)10-14-6-4-3-5-7-14/h3-9,11,17-19,24-25H,10,12-13,23H2,1-2H3/t17-,18?,19+/m0/s1. The number of aliphatic hydroxyl groups excluding tert-OH is 1. The number of benzene rings is 2. The fourth-order valence-electron chi connectivity index (χ4n) is 3.44. The minimum absolute atomic E-state index is 0.0611. The molecule has 0 saturated heterocycles. The van der Waals surface area contributed by atoms with Gasteiger partial charge in [-0.05, 0) is 44.0 Å². The third-order valence-electron chi connectivity index (χ3n) is 4.81. The van der Waals surface area contributed by atoms with Crippen LogP contribution in [0.15, 0.2) is 48.5 Å². The molecule has 0 bridgehead atoms. The topological polar surface area (TPSA) is 67.5 Å². The van der Waals surface area contributed by atoms with Gasteiger partial charge in [-0.25, -0.2) is 0 Å². The molecule has 2 aromatic carbocycles. The van der Waals surface area contributed by atoms with Crippen molar-refractivity contribution in [1.29, 1.82) is 0 Å². The van der Waals surface area contributed by atoms with E-state index >= 15 is 0 Å². The number of aliphatic hydroxyl groups is 1. The van der Waals surface area contributed by atoms with Crippen molar-refractivity contribution in [3.63, 3.8) is 0 Å². The second kappa shape index (κ2) is 7.97. The average molecular weight is 375 g/mol. The lowest BCUT2D eigenvalue weighted by atomic mass is 9.89. The summed E-state index contributed by atoms with van der Waals surface area (Å²) < 4.78 is 6.05. The molecule has 1 aliphatic heterocycles. The van der Waals surface area contributed by atoms with Crippen molar-refractivity contribution < 1.29 is 9.84 Å². The quantitative estimate of drug-likeness (QED) is 0.724. The highest BCUT2D eigenvalue weighted by Crippen LogP contribution is 2.40. The number of rotatable bonds is 6. The van der Waals surface area contributed by atoms with Gasteiger partial charge in [0, 0.05) is 35.6 Å². The van der Waals surface area contributed by atoms with Crippen LogP contribution in [0.1, 0.15) is 37.4 Å². The lowest BCUT2D eigenvalue weighted by molar-refractivity contribution is 0.0604. The summed E-state index contributed by atoms with van der Waals surface area (Å²) in [4.78, 5) is 0. The highest BCUT2D eigenvalue weighted by atomic mass is 35.5. The Morgan fingerprint density at radius 2 is 2.00 bits per heavy atom. The Kier molecular flexibility index (Phi) is 5.88. The maximum atomic E-state index is 10.5. The number of nitrogens with one attached hydrogen (secondary N) is 1. The molecule has 0 saturated carbocycles. The molecule has 1 unspecified atom stereocenters. The molecular formula is C21H27ClN2O2. The summed E-state index contributed by atoms with van der Waals surface area (Å²) in [6, 6.07) is 15.4. The minimum Gasteiger partial charge on any atom is -0.487 e. The van der Waals surface area contributed by atoms with Gasteiger partial charge in [0.15, 0.2) is 0 Å². The summed E-state index contributed by atoms with van der Waals surface area (Å²) in [7, 11) is 0. The number of halogens is 1. The van der Waals surface area contributed by atoms with Crippen LogP contribution >= 0.6 is 11.6 Å². The van der Waals surface area contributed by atoms with E-state index < -0.39 is 6.10 Å². The van der Waals surface area contributed by atoms with Gasteiger partial charge < -0.3 is 20.9 Å². The molecule has 4 nitrogen and oxygen atoms in total. The minimum atomic E-state index is -0.635. The fraction of sp³-hybridized carbons (Fsp3) is 0.429. The molecule has 0 fully saturated rings. The van der Waals surface area contributed by atoms with Gasteiger partial charge in [-0.15, -0.1) is 0 Å². The van der Waals surface area contributed by atoms with Gasteiger partial charge in [0.05, 0.1) is 6.10 Å². The lowest BCUT2D eigenvalue weighted by Gasteiger charge is -2.38. The van der Waals surface area contributed by atoms with Crippen LogP contribution in [0, 0.1) is 0 Å². The molecule has 0 amide bonds. The van der Waals surface area contributed by atoms with Crippen LogP contribution in [0.2, 0.25) is 5.02 Å². The van der Waals surface area contributed by atoms with E-state index in [9.17, 15) is 5.11 Å². The number of ether oxygens (including phenoxy) is 1. The predicted octanol–water partition coefficient (Wildman–Crippen LogP) is 3.46. The van der Waals surface area contributed by atoms with Gasteiger partial charge >= 0.3 is 0 Å². The Morgan fingerprint density at radius 1 is 1.27 bits per heavy atom. The average Bonchev–Trinajstić information content (AvgIpc) is 2.60. The van der Waals surface area contributed by atoms with Crippen molar-refractivity contribution in [3.05, 3.63) is 64.7 Å². The third-order valence-corrected chi connectivity index (χ3v) is 5.05. The van der Waals surface area contributed by atoms with E-state index in [1.54, 1.807) is 0 Å². The predicted molar refractivity (Wildman–Crippen MR) is 106 cm³/mol. The van der Waals surface area contributed by atoms with Gasteiger partial charge in [-0.3, -0.25) is 0 Å². The van der Waals surface area contributed by atoms with Gasteiger partial charge in [-0.2, -0.15) is 0 Å². The van der Waals surface area contributed by atoms with Crippen LogP contribution in [0.3, 0.4) is 0 Å². The molecule has 3 rings (SSSR count). The number of nitrogens with two attached hydrogens (primary N) is 1. The Hall–Kier alpha value is -1.59. The summed E-state index contributed by atoms with van der Waals surface area (Å²) in [5, 5.41) is 14.6. The SMILES string of the molecule is CC1(C)CC(NC[C@@H](O)[C@@H](N)Cc2ccccc2)c2cc(Cl)ccc2O1. The van der Waals surface area contributed by atoms with E-state index in [1.807, 2.05) is 48.5 Å². The number of hydrogen-bond acceptors (Lipinski definition) is 4. The second-order valence-electron chi connectivity index (χ2n) is 7.63. The van der Waals surface area contributed by atoms with E-state index in [0.29, 0.717) is 18.0 Å². The Bertz CT molecular complexity index is 736. The zero-order valence-electron chi connectivity index (χ0n) is 15.3. The van der Waals surface area contributed by atoms with Crippen molar-refractivity contribution >= 4 is 11.6 Å². The van der Waals surface area contributed by atoms with Crippen LogP contribution in [0.25, 0.3) is 0 Å². The van der Waals surface area contributed by atoms with E-state index in [4.69, 9.17) is 22.1 Å². The van der Waals surface area contributed by atoms with Crippen molar-refractivity contribution in [3.8, 4) is 5.75 Å². The number of hydrogen-bond donors (Lipinski definition) is 3. The van der Waals surface area contributed by atoms with Crippen molar-refractivity contribution in [1.82, 2.24) is 5.32 Å². The molecule has 26 heavy (non-hydrogen) atoms. The monoisotopic (exact) mass is 374 g/mol. The molecule has 0 radical (unpaired) electrons. The first-order valence-electron chi connectivity index (χ1n) is 9.03. The van der Waals surface area contributed by atoms with Crippen LogP contribution in [0.5, 0.6) is 5.75 Å². The molecule has 3 atom stereocenters. The normalized spacial score (nSPS) is 20.7. The number of fused-ring (bicyclic) bond motifs is 1. The summed E-state index contributed by atoms with van der Waals surface area (Å²) in [6.07, 6.45) is 0.801. The molecule has 140 valence electrons. The second-order valence-corrected chi connectivity index (χ2v) is 8.07. The Morgan fingerprint density at radius 3 is 2.73 bits per heavy atom. The first kappa shape index (κ1) is 19.2. The summed E-state index contributed by atoms with van der Waals surface area (Å²) in [5.41, 5.74) is 8.08. The van der Waals surface area contributed by atoms with E-state index in [1.165, 1.54) is 0 Å². The first-order chi connectivity index (χ1) is 12.3. The van der Waals surface area contributed by atoms with Crippen molar-refractivity contribution in [2.45, 2.75) is 50.5 Å². The van der Waals surface area contributed by atoms with Crippen LogP contribution in [-0.2, 0) is 6.42 Å². The molecule has 5 heteroatoms. The van der Waals surface area contributed by atoms with Gasteiger partial charge in [0.2, 0.25) is 0 Å². The maximum absolute atomic E-state index is 10.5. The fourth-order valence-corrected chi connectivity index (χ4v) is 3.62. The highest BCUT2D eigenvalue weighted by molar-refractivity contribution is 6.30. The van der Waals surface area contributed by atoms with E-state index in [-0.39, 0.29) is 17.7 Å². The molecular weight excluding hydrogens is 348 g/mol. The molecule has 4 N–H and O–H groups in total. The molecule has 1 heterocycles. The molecule has 2 aromatic rings. The van der Waals surface area contributed by atoms with Gasteiger partial charge in [0.1, 0.15) is 11.4 Å². The summed E-state index contributed by atoms with van der Waals surface area (Å²) in [5.74, 6) is 0.839. The molecule has 0 spiro atoms. The molecule has 0 aliphatic carbocycles. The summed E-state index contributed by atoms with van der Waals surface area (Å²) in [6.45, 7) is 4.55. The lowest BCUT2D eigenvalue weighted by Crippen LogP contribution is -2.46. The van der Waals surface area contributed by atoms with Crippen LogP contribution in [-0.4, -0.2) is 29.4 Å². The summed E-state index contributed by atoms with van der Waals surface area (Å²) >= 11 is 6.16. The van der Waals surface area contributed by atoms with Crippen molar-refractivity contribution in [2.75, 3.05) is 6.54 Å². The smallest absolute Gasteiger partial charge is 0.124 e. The van der Waals surface area contributed by atoms with E-state index in [2.05, 4.69) is 19.2 Å². The van der Waals surface area contributed by atoms with Gasteiger partial charge in [0.25, 0.3) is 0 Å². The third kappa shape index (κ3) is 4.77. The Balaban J connectivity index is 1.64. The molecule has 0 aromatic heterocycles. The zero-order chi connectivity index (χ0) is 18.7. The van der Waals surface area contributed by atoms with E-state index in [0.717, 1.165) is 23.3 Å². The van der Waals surface area contributed by atoms with Crippen LogP contribution in [0.4, 0.5) is 0 Å². The molecule has 1 aliphatic rings. The highest BCUT2D eigenvalue weighted by Gasteiger charge is 2.34. The Labute approximate surface area is 160 Å². The first-order valence-corrected chi connectivity index (χ1v) is 9.41. The van der Waals surface area contributed by atoms with Crippen molar-refractivity contribution in [2.24, 2.45) is 5.73 Å². The van der Waals surface area contributed by atoms with Gasteiger partial charge in [-0.1, -0.05) is 41.9 Å². The maximum Gasteiger partial charge on any atom is 0.124 e. The largest absolute Gasteiger partial charge is 0.487 e. The van der Waals surface area contributed by atoms with Crippen LogP contribution < -0.4 is 15.8 Å².